The topological polar surface area (TPSA) is 84.7 Å². The van der Waals surface area contributed by atoms with Gasteiger partial charge in [0.15, 0.2) is 0 Å². The van der Waals surface area contributed by atoms with Crippen LogP contribution in [0.4, 0.5) is 11.4 Å². The summed E-state index contributed by atoms with van der Waals surface area (Å²) in [5.74, 6) is 0.595. The molecule has 1 aromatic carbocycles. The molecule has 0 heterocycles. The monoisotopic (exact) mass is 335 g/mol. The first kappa shape index (κ1) is 19.8. The Bertz CT molecular complexity index is 540. The third-order valence-electron chi connectivity index (χ3n) is 3.67. The molecule has 1 aromatic rings. The van der Waals surface area contributed by atoms with Crippen molar-refractivity contribution in [2.24, 2.45) is 0 Å². The van der Waals surface area contributed by atoms with Crippen LogP contribution in [0.3, 0.4) is 0 Å². The van der Waals surface area contributed by atoms with Crippen molar-refractivity contribution in [3.63, 3.8) is 0 Å². The van der Waals surface area contributed by atoms with E-state index in [1.807, 2.05) is 4.90 Å². The van der Waals surface area contributed by atoms with Crippen LogP contribution in [0.2, 0.25) is 0 Å². The number of carbonyl (C=O) groups is 2. The Labute approximate surface area is 144 Å². The van der Waals surface area contributed by atoms with Crippen LogP contribution in [0.1, 0.15) is 46.0 Å². The molecular formula is C18H29N3O3. The zero-order valence-electron chi connectivity index (χ0n) is 14.9. The number of carbonyl (C=O) groups excluding carboxylic acids is 2. The fourth-order valence-electron chi connectivity index (χ4n) is 2.44. The van der Waals surface area contributed by atoms with Crippen LogP contribution in [0, 0.1) is 0 Å². The number of ether oxygens (including phenoxy) is 1. The highest BCUT2D eigenvalue weighted by atomic mass is 16.5. The van der Waals surface area contributed by atoms with E-state index in [2.05, 4.69) is 19.2 Å². The second-order valence-corrected chi connectivity index (χ2v) is 5.74. The summed E-state index contributed by atoms with van der Waals surface area (Å²) in [6.45, 7) is 5.67. The molecule has 134 valence electrons. The fourth-order valence-corrected chi connectivity index (χ4v) is 2.44. The summed E-state index contributed by atoms with van der Waals surface area (Å²) in [6.07, 6.45) is 3.09. The minimum atomic E-state index is -0.153. The maximum absolute atomic E-state index is 12.2. The van der Waals surface area contributed by atoms with Crippen molar-refractivity contribution >= 4 is 23.2 Å². The number of nitrogens with one attached hydrogen (secondary N) is 1. The average molecular weight is 335 g/mol. The summed E-state index contributed by atoms with van der Waals surface area (Å²) in [5.41, 5.74) is 6.86. The van der Waals surface area contributed by atoms with Gasteiger partial charge in [0.05, 0.1) is 18.5 Å². The molecule has 0 atom stereocenters. The van der Waals surface area contributed by atoms with Crippen molar-refractivity contribution in [3.8, 4) is 5.75 Å². The van der Waals surface area contributed by atoms with E-state index in [-0.39, 0.29) is 18.2 Å². The Morgan fingerprint density at radius 1 is 1.17 bits per heavy atom. The van der Waals surface area contributed by atoms with Gasteiger partial charge in [0.2, 0.25) is 11.8 Å². The number of hydrogen-bond donors (Lipinski definition) is 2. The van der Waals surface area contributed by atoms with Gasteiger partial charge in [-0.05, 0) is 31.4 Å². The first-order valence-corrected chi connectivity index (χ1v) is 8.52. The van der Waals surface area contributed by atoms with E-state index in [1.54, 1.807) is 25.3 Å². The third-order valence-corrected chi connectivity index (χ3v) is 3.67. The number of nitrogen functional groups attached to an aromatic ring is 1. The molecular weight excluding hydrogens is 306 g/mol. The molecule has 2 amide bonds. The van der Waals surface area contributed by atoms with Crippen LogP contribution < -0.4 is 15.8 Å². The van der Waals surface area contributed by atoms with Gasteiger partial charge in [0.1, 0.15) is 5.75 Å². The smallest absolute Gasteiger partial charge is 0.224 e. The van der Waals surface area contributed by atoms with E-state index in [4.69, 9.17) is 10.5 Å². The van der Waals surface area contributed by atoms with Crippen molar-refractivity contribution in [1.29, 1.82) is 0 Å². The lowest BCUT2D eigenvalue weighted by atomic mass is 10.2. The van der Waals surface area contributed by atoms with E-state index in [0.29, 0.717) is 30.0 Å². The Kier molecular flexibility index (Phi) is 8.68. The highest BCUT2D eigenvalue weighted by Crippen LogP contribution is 2.24. The van der Waals surface area contributed by atoms with Gasteiger partial charge in [-0.15, -0.1) is 0 Å². The van der Waals surface area contributed by atoms with E-state index < -0.39 is 0 Å². The van der Waals surface area contributed by atoms with Crippen LogP contribution in [-0.4, -0.2) is 36.9 Å². The molecule has 0 fully saturated rings. The van der Waals surface area contributed by atoms with Gasteiger partial charge in [-0.1, -0.05) is 13.8 Å². The van der Waals surface area contributed by atoms with Crippen LogP contribution in [0.25, 0.3) is 0 Å². The lowest BCUT2D eigenvalue weighted by molar-refractivity contribution is -0.131. The molecule has 3 N–H and O–H groups in total. The second kappa shape index (κ2) is 10.5. The van der Waals surface area contributed by atoms with E-state index in [9.17, 15) is 9.59 Å². The Morgan fingerprint density at radius 3 is 2.42 bits per heavy atom. The zero-order chi connectivity index (χ0) is 17.9. The lowest BCUT2D eigenvalue weighted by Crippen LogP contribution is -2.32. The van der Waals surface area contributed by atoms with E-state index in [1.165, 1.54) is 0 Å². The second-order valence-electron chi connectivity index (χ2n) is 5.74. The maximum atomic E-state index is 12.2. The Morgan fingerprint density at radius 2 is 1.83 bits per heavy atom. The molecule has 0 saturated heterocycles. The third kappa shape index (κ3) is 6.48. The number of benzene rings is 1. The largest absolute Gasteiger partial charge is 0.497 e. The summed E-state index contributed by atoms with van der Waals surface area (Å²) in [6, 6.07) is 5.10. The summed E-state index contributed by atoms with van der Waals surface area (Å²) >= 11 is 0. The first-order chi connectivity index (χ1) is 11.5. The van der Waals surface area contributed by atoms with E-state index >= 15 is 0 Å². The van der Waals surface area contributed by atoms with Gasteiger partial charge >= 0.3 is 0 Å². The van der Waals surface area contributed by atoms with Crippen molar-refractivity contribution in [1.82, 2.24) is 4.90 Å². The fraction of sp³-hybridized carbons (Fsp3) is 0.556. The number of anilines is 2. The van der Waals surface area contributed by atoms with Crippen LogP contribution in [0.15, 0.2) is 18.2 Å². The zero-order valence-corrected chi connectivity index (χ0v) is 14.9. The molecule has 0 aromatic heterocycles. The van der Waals surface area contributed by atoms with Crippen LogP contribution >= 0.6 is 0 Å². The molecule has 0 aliphatic carbocycles. The van der Waals surface area contributed by atoms with Crippen molar-refractivity contribution in [2.75, 3.05) is 31.2 Å². The molecule has 0 aliphatic heterocycles. The summed E-state index contributed by atoms with van der Waals surface area (Å²) in [7, 11) is 1.56. The number of methoxy groups -OCH3 is 1. The molecule has 0 radical (unpaired) electrons. The molecule has 6 heteroatoms. The predicted octanol–water partition coefficient (Wildman–Crippen LogP) is 3.03. The van der Waals surface area contributed by atoms with Crippen molar-refractivity contribution in [3.05, 3.63) is 18.2 Å². The minimum Gasteiger partial charge on any atom is -0.497 e. The molecule has 0 bridgehead atoms. The van der Waals surface area contributed by atoms with Gasteiger partial charge < -0.3 is 20.7 Å². The molecule has 6 nitrogen and oxygen atoms in total. The SMILES string of the molecule is CCCN(CCC)C(=O)CCCC(=O)Nc1cc(OC)ccc1N. The number of amides is 2. The molecule has 0 spiro atoms. The number of hydrogen-bond acceptors (Lipinski definition) is 4. The number of nitrogens with zero attached hydrogens (tertiary/aromatic N) is 1. The highest BCUT2D eigenvalue weighted by Gasteiger charge is 2.13. The van der Waals surface area contributed by atoms with Gasteiger partial charge in [0.25, 0.3) is 0 Å². The van der Waals surface area contributed by atoms with Gasteiger partial charge in [-0.25, -0.2) is 0 Å². The van der Waals surface area contributed by atoms with Crippen LogP contribution in [0.5, 0.6) is 5.75 Å². The van der Waals surface area contributed by atoms with Gasteiger partial charge in [-0.3, -0.25) is 9.59 Å². The van der Waals surface area contributed by atoms with Crippen LogP contribution in [-0.2, 0) is 9.59 Å². The molecule has 0 aliphatic rings. The van der Waals surface area contributed by atoms with Gasteiger partial charge in [-0.2, -0.15) is 0 Å². The minimum absolute atomic E-state index is 0.118. The number of rotatable bonds is 10. The van der Waals surface area contributed by atoms with Gasteiger partial charge in [0, 0.05) is 32.0 Å². The lowest BCUT2D eigenvalue weighted by Gasteiger charge is -2.21. The van der Waals surface area contributed by atoms with Crippen molar-refractivity contribution < 1.29 is 14.3 Å². The molecule has 1 rings (SSSR count). The highest BCUT2D eigenvalue weighted by molar-refractivity contribution is 5.94. The summed E-state index contributed by atoms with van der Waals surface area (Å²) in [4.78, 5) is 26.1. The van der Waals surface area contributed by atoms with Crippen molar-refractivity contribution in [2.45, 2.75) is 46.0 Å². The molecule has 0 unspecified atom stereocenters. The quantitative estimate of drug-likeness (QED) is 0.644. The molecule has 0 saturated carbocycles. The Balaban J connectivity index is 2.45. The first-order valence-electron chi connectivity index (χ1n) is 8.52. The number of nitrogens with two attached hydrogens (primary N) is 1. The predicted molar refractivity (Wildman–Crippen MR) is 97.0 cm³/mol. The summed E-state index contributed by atoms with van der Waals surface area (Å²) in [5, 5.41) is 2.77. The van der Waals surface area contributed by atoms with E-state index in [0.717, 1.165) is 25.9 Å². The summed E-state index contributed by atoms with van der Waals surface area (Å²) < 4.78 is 5.12. The molecule has 24 heavy (non-hydrogen) atoms. The maximum Gasteiger partial charge on any atom is 0.224 e. The average Bonchev–Trinajstić information content (AvgIpc) is 2.56. The Hall–Kier alpha value is -2.24. The standard InChI is InChI=1S/C18H29N3O3/c1-4-11-21(12-5-2)18(23)8-6-7-17(22)20-16-13-14(24-3)9-10-15(16)19/h9-10,13H,4-8,11-12,19H2,1-3H3,(H,20,22). The normalized spacial score (nSPS) is 10.3.